The number of aryl methyl sites for hydroxylation is 1. The van der Waals surface area contributed by atoms with Crippen molar-refractivity contribution in [2.75, 3.05) is 26.7 Å². The number of rotatable bonds is 6. The average molecular weight is 498 g/mol. The third kappa shape index (κ3) is 6.17. The molecular formula is C22H32FN5O5S. The molecule has 1 aromatic heterocycles. The lowest BCUT2D eigenvalue weighted by Gasteiger charge is -2.35. The van der Waals surface area contributed by atoms with Gasteiger partial charge >= 0.3 is 0 Å². The molecule has 0 aliphatic carbocycles. The summed E-state index contributed by atoms with van der Waals surface area (Å²) in [4.78, 5) is 14.4. The van der Waals surface area contributed by atoms with Gasteiger partial charge in [0.1, 0.15) is 5.82 Å². The normalized spacial score (nSPS) is 21.6. The molecule has 1 aromatic carbocycles. The number of likely N-dealkylation sites (N-methyl/N-ethyl adjacent to an activating group) is 1. The minimum absolute atomic E-state index is 0.0168. The summed E-state index contributed by atoms with van der Waals surface area (Å²) in [6, 6.07) is 4.45. The number of aliphatic hydroxyl groups excluding tert-OH is 1. The van der Waals surface area contributed by atoms with Crippen molar-refractivity contribution < 1.29 is 27.4 Å². The third-order valence-electron chi connectivity index (χ3n) is 6.08. The number of carbonyl (C=O) groups excluding carboxylic acids is 1. The molecule has 0 saturated carbocycles. The first-order valence-corrected chi connectivity index (χ1v) is 12.7. The topological polar surface area (TPSA) is 118 Å². The maximum atomic E-state index is 13.7. The van der Waals surface area contributed by atoms with E-state index < -0.39 is 28.0 Å². The largest absolute Gasteiger partial charge is 0.394 e. The summed E-state index contributed by atoms with van der Waals surface area (Å²) >= 11 is 0. The molecular weight excluding hydrogens is 465 g/mol. The number of carbonyl (C=O) groups is 1. The van der Waals surface area contributed by atoms with E-state index in [0.717, 1.165) is 16.1 Å². The van der Waals surface area contributed by atoms with Gasteiger partial charge in [0.15, 0.2) is 0 Å². The molecule has 1 aliphatic rings. The molecule has 34 heavy (non-hydrogen) atoms. The van der Waals surface area contributed by atoms with Crippen LogP contribution in [0.15, 0.2) is 35.4 Å². The summed E-state index contributed by atoms with van der Waals surface area (Å²) in [5.74, 6) is -1.01. The van der Waals surface area contributed by atoms with Crippen LogP contribution in [0.5, 0.6) is 0 Å². The summed E-state index contributed by atoms with van der Waals surface area (Å²) in [6.45, 7) is 4.37. The highest BCUT2D eigenvalue weighted by atomic mass is 32.2. The number of aromatic nitrogens is 3. The van der Waals surface area contributed by atoms with Gasteiger partial charge in [-0.25, -0.2) is 17.5 Å². The number of ether oxygens (including phenoxy) is 1. The second-order valence-electron chi connectivity index (χ2n) is 8.70. The lowest BCUT2D eigenvalue weighted by atomic mass is 10.0. The first-order valence-electron chi connectivity index (χ1n) is 11.2. The highest BCUT2D eigenvalue weighted by molar-refractivity contribution is 7.89. The Hall–Kier alpha value is -2.41. The van der Waals surface area contributed by atoms with Crippen molar-refractivity contribution in [2.45, 2.75) is 56.9 Å². The SMILES string of the molecule is C[C@@H]1CN([C@@H](C)CO)C(=O)CCCn2nncc2CO[C@H]1CN(C)S(=O)(=O)c1cccc(F)c1. The Morgan fingerprint density at radius 3 is 2.85 bits per heavy atom. The van der Waals surface area contributed by atoms with Crippen molar-refractivity contribution in [2.24, 2.45) is 5.92 Å². The van der Waals surface area contributed by atoms with E-state index in [1.54, 1.807) is 22.7 Å². The summed E-state index contributed by atoms with van der Waals surface area (Å²) in [6.07, 6.45) is 1.84. The van der Waals surface area contributed by atoms with Crippen molar-refractivity contribution >= 4 is 15.9 Å². The second kappa shape index (κ2) is 11.3. The molecule has 0 unspecified atom stereocenters. The number of aliphatic hydroxyl groups is 1. The fourth-order valence-corrected chi connectivity index (χ4v) is 5.12. The van der Waals surface area contributed by atoms with Crippen LogP contribution in [0.25, 0.3) is 0 Å². The Morgan fingerprint density at radius 1 is 1.38 bits per heavy atom. The van der Waals surface area contributed by atoms with Gasteiger partial charge < -0.3 is 14.7 Å². The fraction of sp³-hybridized carbons (Fsp3) is 0.591. The van der Waals surface area contributed by atoms with Crippen molar-refractivity contribution in [1.82, 2.24) is 24.2 Å². The molecule has 0 fully saturated rings. The number of fused-ring (bicyclic) bond motifs is 1. The number of hydrogen-bond donors (Lipinski definition) is 1. The van der Waals surface area contributed by atoms with Gasteiger partial charge in [-0.05, 0) is 31.5 Å². The second-order valence-corrected chi connectivity index (χ2v) is 10.7. The van der Waals surface area contributed by atoms with Gasteiger partial charge in [-0.2, -0.15) is 4.31 Å². The molecule has 1 amide bonds. The average Bonchev–Trinajstić information content (AvgIpc) is 3.25. The number of hydrogen-bond acceptors (Lipinski definition) is 7. The van der Waals surface area contributed by atoms with Crippen molar-refractivity contribution in [3.63, 3.8) is 0 Å². The fourth-order valence-electron chi connectivity index (χ4n) is 3.90. The van der Waals surface area contributed by atoms with Gasteiger partial charge in [-0.1, -0.05) is 18.2 Å². The zero-order chi connectivity index (χ0) is 24.9. The predicted octanol–water partition coefficient (Wildman–Crippen LogP) is 1.26. The van der Waals surface area contributed by atoms with Crippen molar-refractivity contribution in [3.05, 3.63) is 42.0 Å². The number of benzene rings is 1. The number of nitrogens with zero attached hydrogens (tertiary/aromatic N) is 5. The van der Waals surface area contributed by atoms with E-state index in [-0.39, 0.29) is 49.4 Å². The van der Waals surface area contributed by atoms with Crippen LogP contribution in [0.1, 0.15) is 32.4 Å². The zero-order valence-corrected chi connectivity index (χ0v) is 20.5. The van der Waals surface area contributed by atoms with Crippen LogP contribution in [-0.2, 0) is 32.7 Å². The molecule has 10 nitrogen and oxygen atoms in total. The van der Waals surface area contributed by atoms with E-state index in [9.17, 15) is 22.7 Å². The summed E-state index contributed by atoms with van der Waals surface area (Å²) in [5.41, 5.74) is 0.724. The van der Waals surface area contributed by atoms with E-state index in [4.69, 9.17) is 4.74 Å². The van der Waals surface area contributed by atoms with Gasteiger partial charge in [-0.15, -0.1) is 5.10 Å². The van der Waals surface area contributed by atoms with Crippen LogP contribution < -0.4 is 0 Å². The molecule has 2 heterocycles. The van der Waals surface area contributed by atoms with Gasteiger partial charge in [0, 0.05) is 39.0 Å². The van der Waals surface area contributed by atoms with Crippen LogP contribution in [0, 0.1) is 11.7 Å². The van der Waals surface area contributed by atoms with Crippen LogP contribution in [0.3, 0.4) is 0 Å². The molecule has 0 saturated heterocycles. The lowest BCUT2D eigenvalue weighted by Crippen LogP contribution is -2.47. The number of sulfonamides is 1. The van der Waals surface area contributed by atoms with Crippen LogP contribution in [0.4, 0.5) is 4.39 Å². The van der Waals surface area contributed by atoms with E-state index in [2.05, 4.69) is 10.3 Å². The molecule has 0 radical (unpaired) electrons. The van der Waals surface area contributed by atoms with Crippen LogP contribution in [-0.4, -0.2) is 82.5 Å². The molecule has 0 bridgehead atoms. The van der Waals surface area contributed by atoms with Crippen LogP contribution in [0.2, 0.25) is 0 Å². The molecule has 3 atom stereocenters. The maximum absolute atomic E-state index is 13.7. The highest BCUT2D eigenvalue weighted by Gasteiger charge is 2.31. The smallest absolute Gasteiger partial charge is 0.243 e. The third-order valence-corrected chi connectivity index (χ3v) is 7.90. The predicted molar refractivity (Wildman–Crippen MR) is 121 cm³/mol. The maximum Gasteiger partial charge on any atom is 0.243 e. The van der Waals surface area contributed by atoms with Gasteiger partial charge in [-0.3, -0.25) is 4.79 Å². The molecule has 1 N–H and O–H groups in total. The zero-order valence-electron chi connectivity index (χ0n) is 19.7. The molecule has 188 valence electrons. The molecule has 2 aromatic rings. The number of amides is 1. The van der Waals surface area contributed by atoms with Gasteiger partial charge in [0.05, 0.1) is 42.1 Å². The van der Waals surface area contributed by atoms with E-state index in [1.807, 2.05) is 6.92 Å². The first-order chi connectivity index (χ1) is 16.1. The van der Waals surface area contributed by atoms with E-state index in [0.29, 0.717) is 13.0 Å². The Kier molecular flexibility index (Phi) is 8.74. The Bertz CT molecular complexity index is 1080. The quantitative estimate of drug-likeness (QED) is 0.638. The summed E-state index contributed by atoms with van der Waals surface area (Å²) in [5, 5.41) is 17.7. The standard InChI is InChI=1S/C22H32FN5O5S/c1-16-12-27(17(2)14-29)22(30)8-5-9-28-19(11-24-25-28)15-33-21(16)13-26(3)34(31,32)20-7-4-6-18(23)10-20/h4,6-7,10-11,16-17,21,29H,5,8-9,12-15H2,1-3H3/t16-,17+,21+/m1/s1. The first kappa shape index (κ1) is 26.2. The van der Waals surface area contributed by atoms with Crippen molar-refractivity contribution in [3.8, 4) is 0 Å². The lowest BCUT2D eigenvalue weighted by molar-refractivity contribution is -0.136. The molecule has 12 heteroatoms. The number of halogens is 1. The van der Waals surface area contributed by atoms with Crippen molar-refractivity contribution in [1.29, 1.82) is 0 Å². The van der Waals surface area contributed by atoms with E-state index >= 15 is 0 Å². The summed E-state index contributed by atoms with van der Waals surface area (Å²) < 4.78 is 48.7. The molecule has 0 spiro atoms. The minimum atomic E-state index is -3.97. The Morgan fingerprint density at radius 2 is 2.15 bits per heavy atom. The minimum Gasteiger partial charge on any atom is -0.394 e. The van der Waals surface area contributed by atoms with E-state index in [1.165, 1.54) is 25.2 Å². The molecule has 3 rings (SSSR count). The monoisotopic (exact) mass is 497 g/mol. The Balaban J connectivity index is 1.87. The summed E-state index contributed by atoms with van der Waals surface area (Å²) in [7, 11) is -2.55. The molecule has 1 aliphatic heterocycles. The Labute approximate surface area is 199 Å². The van der Waals surface area contributed by atoms with Gasteiger partial charge in [0.2, 0.25) is 15.9 Å². The van der Waals surface area contributed by atoms with Crippen LogP contribution >= 0.6 is 0 Å². The highest BCUT2D eigenvalue weighted by Crippen LogP contribution is 2.21. The van der Waals surface area contributed by atoms with Gasteiger partial charge in [0.25, 0.3) is 0 Å².